The van der Waals surface area contributed by atoms with Crippen LogP contribution < -0.4 is 15.0 Å². The fourth-order valence-electron chi connectivity index (χ4n) is 2.93. The molecule has 0 bridgehead atoms. The van der Waals surface area contributed by atoms with Crippen molar-refractivity contribution in [1.82, 2.24) is 14.5 Å². The summed E-state index contributed by atoms with van der Waals surface area (Å²) < 4.78 is 3.11. The molecular formula is C14H19N5O4. The molecule has 2 aromatic heterocycles. The Balaban J connectivity index is 2.31. The number of anilines is 1. The number of carboxylic acids is 1. The first-order valence-electron chi connectivity index (χ1n) is 7.28. The molecule has 3 heterocycles. The lowest BCUT2D eigenvalue weighted by molar-refractivity contribution is -0.807. The summed E-state index contributed by atoms with van der Waals surface area (Å²) >= 11 is 0. The van der Waals surface area contributed by atoms with Gasteiger partial charge in [-0.1, -0.05) is 4.98 Å². The largest absolute Gasteiger partial charge is 0.546 e. The van der Waals surface area contributed by atoms with Crippen LogP contribution in [0.2, 0.25) is 0 Å². The quantitative estimate of drug-likeness (QED) is 0.560. The second-order valence-corrected chi connectivity index (χ2v) is 6.49. The monoisotopic (exact) mass is 321 g/mol. The van der Waals surface area contributed by atoms with E-state index in [2.05, 4.69) is 15.3 Å². The van der Waals surface area contributed by atoms with Crippen molar-refractivity contribution in [3.8, 4) is 0 Å². The number of carbonyl (C=O) groups excluding carboxylic acids is 1. The van der Waals surface area contributed by atoms with Gasteiger partial charge in [0.15, 0.2) is 17.2 Å². The molecule has 1 aliphatic rings. The Morgan fingerprint density at radius 2 is 2.13 bits per heavy atom. The van der Waals surface area contributed by atoms with Gasteiger partial charge in [0.1, 0.15) is 0 Å². The zero-order chi connectivity index (χ0) is 17.2. The van der Waals surface area contributed by atoms with Crippen molar-refractivity contribution in [3.05, 3.63) is 12.7 Å². The molecule has 23 heavy (non-hydrogen) atoms. The maximum Gasteiger partial charge on any atom is 0.256 e. The second-order valence-electron chi connectivity index (χ2n) is 6.49. The maximum atomic E-state index is 11.5. The van der Waals surface area contributed by atoms with Crippen LogP contribution in [0.25, 0.3) is 11.2 Å². The SMILES string of the molecule is CC(C)n1cnc2c3[n+](cnc21)[C@](C)(O)[C@H](O)[C@@](C)(C(=O)[O-])N3. The van der Waals surface area contributed by atoms with Crippen LogP contribution >= 0.6 is 0 Å². The minimum atomic E-state index is -1.89. The Labute approximate surface area is 132 Å². The fraction of sp³-hybridized carbons (Fsp3) is 0.571. The van der Waals surface area contributed by atoms with Crippen LogP contribution in [0.1, 0.15) is 33.7 Å². The predicted molar refractivity (Wildman–Crippen MR) is 77.0 cm³/mol. The highest BCUT2D eigenvalue weighted by atomic mass is 16.4. The van der Waals surface area contributed by atoms with Crippen LogP contribution in [0.5, 0.6) is 0 Å². The highest BCUT2D eigenvalue weighted by molar-refractivity contribution is 5.87. The van der Waals surface area contributed by atoms with Gasteiger partial charge in [0.25, 0.3) is 5.82 Å². The highest BCUT2D eigenvalue weighted by Gasteiger charge is 2.56. The van der Waals surface area contributed by atoms with E-state index in [4.69, 9.17) is 0 Å². The lowest BCUT2D eigenvalue weighted by Gasteiger charge is -2.44. The summed E-state index contributed by atoms with van der Waals surface area (Å²) in [6, 6.07) is 0.109. The number of aliphatic carboxylic acids is 1. The summed E-state index contributed by atoms with van der Waals surface area (Å²) in [5.74, 6) is -1.26. The van der Waals surface area contributed by atoms with Crippen LogP contribution in [0.15, 0.2) is 12.7 Å². The van der Waals surface area contributed by atoms with Crippen molar-refractivity contribution in [2.75, 3.05) is 5.32 Å². The lowest BCUT2D eigenvalue weighted by Crippen LogP contribution is -2.77. The molecule has 0 aromatic carbocycles. The number of fused-ring (bicyclic) bond motifs is 3. The van der Waals surface area contributed by atoms with Crippen molar-refractivity contribution >= 4 is 23.0 Å². The fourth-order valence-corrected chi connectivity index (χ4v) is 2.93. The molecule has 0 amide bonds. The van der Waals surface area contributed by atoms with Gasteiger partial charge in [-0.3, -0.25) is 9.88 Å². The Morgan fingerprint density at radius 3 is 2.70 bits per heavy atom. The smallest absolute Gasteiger partial charge is 0.256 e. The summed E-state index contributed by atoms with van der Waals surface area (Å²) in [7, 11) is 0. The molecule has 9 nitrogen and oxygen atoms in total. The number of rotatable bonds is 2. The first kappa shape index (κ1) is 15.6. The zero-order valence-corrected chi connectivity index (χ0v) is 13.3. The second kappa shape index (κ2) is 4.62. The molecule has 1 aliphatic heterocycles. The van der Waals surface area contributed by atoms with Crippen LogP contribution in [0.4, 0.5) is 5.82 Å². The van der Waals surface area contributed by atoms with E-state index in [1.807, 2.05) is 18.4 Å². The third kappa shape index (κ3) is 1.93. The number of carbonyl (C=O) groups is 1. The lowest BCUT2D eigenvalue weighted by atomic mass is 9.85. The number of nitrogens with one attached hydrogen (secondary N) is 1. The zero-order valence-electron chi connectivity index (χ0n) is 13.3. The molecule has 3 N–H and O–H groups in total. The van der Waals surface area contributed by atoms with E-state index in [0.29, 0.717) is 11.2 Å². The predicted octanol–water partition coefficient (Wildman–Crippen LogP) is -1.74. The molecule has 0 spiro atoms. The van der Waals surface area contributed by atoms with Gasteiger partial charge in [0.2, 0.25) is 17.7 Å². The molecule has 0 unspecified atom stereocenters. The number of aliphatic hydroxyl groups excluding tert-OH is 1. The molecule has 0 radical (unpaired) electrons. The highest BCUT2D eigenvalue weighted by Crippen LogP contribution is 2.33. The van der Waals surface area contributed by atoms with E-state index in [-0.39, 0.29) is 11.9 Å². The number of hydrogen-bond acceptors (Lipinski definition) is 7. The van der Waals surface area contributed by atoms with E-state index in [0.717, 1.165) is 0 Å². The minimum Gasteiger partial charge on any atom is -0.546 e. The van der Waals surface area contributed by atoms with Crippen LogP contribution in [-0.2, 0) is 10.5 Å². The van der Waals surface area contributed by atoms with E-state index in [9.17, 15) is 20.1 Å². The number of aromatic nitrogens is 4. The Bertz CT molecular complexity index is 800. The van der Waals surface area contributed by atoms with Gasteiger partial charge in [-0.25, -0.2) is 9.55 Å². The molecule has 2 aromatic rings. The minimum absolute atomic E-state index is 0.109. The average molecular weight is 321 g/mol. The van der Waals surface area contributed by atoms with E-state index in [1.54, 1.807) is 6.33 Å². The molecule has 3 atom stereocenters. The van der Waals surface area contributed by atoms with Crippen molar-refractivity contribution < 1.29 is 24.7 Å². The number of aliphatic hydroxyl groups is 2. The van der Waals surface area contributed by atoms with Crippen molar-refractivity contribution in [2.24, 2.45) is 0 Å². The van der Waals surface area contributed by atoms with Crippen molar-refractivity contribution in [3.63, 3.8) is 0 Å². The third-order valence-corrected chi connectivity index (χ3v) is 4.44. The van der Waals surface area contributed by atoms with E-state index in [1.165, 1.54) is 24.7 Å². The first-order valence-corrected chi connectivity index (χ1v) is 7.28. The average Bonchev–Trinajstić information content (AvgIpc) is 2.89. The molecule has 9 heteroatoms. The van der Waals surface area contributed by atoms with Crippen LogP contribution in [0, 0.1) is 0 Å². The number of hydrogen-bond donors (Lipinski definition) is 3. The van der Waals surface area contributed by atoms with Gasteiger partial charge in [0, 0.05) is 13.0 Å². The Morgan fingerprint density at radius 1 is 1.48 bits per heavy atom. The summed E-state index contributed by atoms with van der Waals surface area (Å²) in [5.41, 5.74) is -2.81. The van der Waals surface area contributed by atoms with Gasteiger partial charge < -0.3 is 20.1 Å². The third-order valence-electron chi connectivity index (χ3n) is 4.44. The van der Waals surface area contributed by atoms with Gasteiger partial charge in [-0.15, -0.1) is 0 Å². The number of imidazole rings is 1. The summed E-state index contributed by atoms with van der Waals surface area (Å²) in [6.07, 6.45) is 1.30. The van der Waals surface area contributed by atoms with E-state index >= 15 is 0 Å². The Hall–Kier alpha value is -2.26. The standard InChI is InChI=1S/C14H19N5O4/c1-7(2)18-5-15-8-9(18)16-6-19-10(8)17-13(3,12(21)22)11(20)14(19,4)23/h5-7,11,20,23H,1-4H3,(H,21,22)/t11-,13+,14-/m1/s1. The number of carboxylic acid groups (broad SMARTS) is 1. The van der Waals surface area contributed by atoms with Crippen LogP contribution in [-0.4, -0.2) is 42.4 Å². The maximum absolute atomic E-state index is 11.5. The number of nitrogens with zero attached hydrogens (tertiary/aromatic N) is 4. The van der Waals surface area contributed by atoms with Gasteiger partial charge >= 0.3 is 0 Å². The normalized spacial score (nSPS) is 30.3. The summed E-state index contributed by atoms with van der Waals surface area (Å²) in [5, 5.41) is 35.3. The topological polar surface area (TPSA) is 127 Å². The van der Waals surface area contributed by atoms with Crippen molar-refractivity contribution in [2.45, 2.75) is 51.1 Å². The summed E-state index contributed by atoms with van der Waals surface area (Å²) in [4.78, 5) is 20.1. The van der Waals surface area contributed by atoms with Crippen LogP contribution in [0.3, 0.4) is 0 Å². The molecule has 124 valence electrons. The van der Waals surface area contributed by atoms with Crippen molar-refractivity contribution in [1.29, 1.82) is 0 Å². The van der Waals surface area contributed by atoms with Gasteiger partial charge in [0.05, 0.1) is 12.3 Å². The molecule has 0 saturated heterocycles. The van der Waals surface area contributed by atoms with E-state index < -0.39 is 23.3 Å². The Kier molecular flexibility index (Phi) is 3.14. The molecule has 0 fully saturated rings. The molecular weight excluding hydrogens is 302 g/mol. The van der Waals surface area contributed by atoms with Gasteiger partial charge in [-0.2, -0.15) is 0 Å². The molecule has 0 saturated carbocycles. The first-order chi connectivity index (χ1) is 10.6. The molecule has 3 rings (SSSR count). The van der Waals surface area contributed by atoms with Gasteiger partial charge in [-0.05, 0) is 20.8 Å². The molecule has 0 aliphatic carbocycles. The summed E-state index contributed by atoms with van der Waals surface area (Å²) in [6.45, 7) is 6.51.